The summed E-state index contributed by atoms with van der Waals surface area (Å²) in [5, 5.41) is 9.28. The highest BCUT2D eigenvalue weighted by Gasteiger charge is 2.34. The van der Waals surface area contributed by atoms with Crippen molar-refractivity contribution in [2.45, 2.75) is 25.1 Å². The summed E-state index contributed by atoms with van der Waals surface area (Å²) < 4.78 is 38.0. The molecule has 1 aromatic heterocycles. The van der Waals surface area contributed by atoms with Gasteiger partial charge < -0.3 is 5.11 Å². The maximum Gasteiger partial charge on any atom is 0.417 e. The standard InChI is InChI=1S/C11H10F3NO/c12-11(13,14)10-3-4-15-6-9(10)7-1-2-8(16)5-7/h3-6,8,16H,1-2H2. The second-order valence-corrected chi connectivity index (χ2v) is 3.72. The van der Waals surface area contributed by atoms with Gasteiger partial charge in [-0.3, -0.25) is 4.98 Å². The van der Waals surface area contributed by atoms with Crippen LogP contribution in [0, 0.1) is 0 Å². The Kier molecular flexibility index (Phi) is 2.71. The van der Waals surface area contributed by atoms with Crippen molar-refractivity contribution < 1.29 is 18.3 Å². The molecule has 0 aliphatic heterocycles. The summed E-state index contributed by atoms with van der Waals surface area (Å²) in [4.78, 5) is 3.71. The van der Waals surface area contributed by atoms with Crippen molar-refractivity contribution in [1.82, 2.24) is 4.98 Å². The Hall–Kier alpha value is -1.36. The maximum absolute atomic E-state index is 12.7. The summed E-state index contributed by atoms with van der Waals surface area (Å²) in [5.41, 5.74) is -0.0951. The van der Waals surface area contributed by atoms with E-state index in [1.807, 2.05) is 0 Å². The molecule has 1 aromatic rings. The van der Waals surface area contributed by atoms with Gasteiger partial charge in [0.1, 0.15) is 0 Å². The van der Waals surface area contributed by atoms with E-state index in [1.165, 1.54) is 12.3 Å². The number of pyridine rings is 1. The van der Waals surface area contributed by atoms with Crippen LogP contribution in [0.25, 0.3) is 5.57 Å². The fourth-order valence-electron chi connectivity index (χ4n) is 1.82. The molecular formula is C11H10F3NO. The molecule has 0 saturated heterocycles. The molecular weight excluding hydrogens is 219 g/mol. The first-order valence-electron chi connectivity index (χ1n) is 4.89. The molecule has 5 heteroatoms. The molecule has 1 aliphatic carbocycles. The van der Waals surface area contributed by atoms with Crippen molar-refractivity contribution in [3.63, 3.8) is 0 Å². The highest BCUT2D eigenvalue weighted by atomic mass is 19.4. The third-order valence-electron chi connectivity index (χ3n) is 2.58. The Bertz CT molecular complexity index is 425. The second kappa shape index (κ2) is 3.90. The van der Waals surface area contributed by atoms with Crippen LogP contribution in [-0.4, -0.2) is 16.2 Å². The smallest absolute Gasteiger partial charge is 0.389 e. The summed E-state index contributed by atoms with van der Waals surface area (Å²) in [6, 6.07) is 0.959. The van der Waals surface area contributed by atoms with Crippen LogP contribution < -0.4 is 0 Å². The van der Waals surface area contributed by atoms with Crippen LogP contribution >= 0.6 is 0 Å². The third kappa shape index (κ3) is 2.09. The number of nitrogens with zero attached hydrogens (tertiary/aromatic N) is 1. The lowest BCUT2D eigenvalue weighted by molar-refractivity contribution is -0.137. The van der Waals surface area contributed by atoms with E-state index in [4.69, 9.17) is 0 Å². The molecule has 0 amide bonds. The van der Waals surface area contributed by atoms with Crippen LogP contribution in [0.5, 0.6) is 0 Å². The highest BCUT2D eigenvalue weighted by Crippen LogP contribution is 2.37. The van der Waals surface area contributed by atoms with Crippen molar-refractivity contribution in [3.05, 3.63) is 35.7 Å². The molecule has 1 aliphatic rings. The summed E-state index contributed by atoms with van der Waals surface area (Å²) in [5.74, 6) is 0. The first kappa shape index (κ1) is 11.1. The molecule has 0 saturated carbocycles. The molecule has 0 aromatic carbocycles. The number of allylic oxidation sites excluding steroid dienone is 1. The van der Waals surface area contributed by atoms with E-state index in [0.29, 0.717) is 18.4 Å². The zero-order valence-electron chi connectivity index (χ0n) is 8.33. The number of hydrogen-bond donors (Lipinski definition) is 1. The van der Waals surface area contributed by atoms with Crippen LogP contribution in [0.15, 0.2) is 24.5 Å². The zero-order valence-corrected chi connectivity index (χ0v) is 8.33. The molecule has 16 heavy (non-hydrogen) atoms. The predicted molar refractivity (Wildman–Crippen MR) is 52.5 cm³/mol. The fraction of sp³-hybridized carbons (Fsp3) is 0.364. The van der Waals surface area contributed by atoms with Gasteiger partial charge >= 0.3 is 6.18 Å². The molecule has 2 nitrogen and oxygen atoms in total. The summed E-state index contributed by atoms with van der Waals surface area (Å²) in [6.45, 7) is 0. The van der Waals surface area contributed by atoms with Crippen molar-refractivity contribution in [3.8, 4) is 0 Å². The molecule has 1 atom stereocenters. The Morgan fingerprint density at radius 2 is 2.12 bits per heavy atom. The molecule has 1 unspecified atom stereocenters. The normalized spacial score (nSPS) is 21.0. The quantitative estimate of drug-likeness (QED) is 0.803. The van der Waals surface area contributed by atoms with Crippen molar-refractivity contribution >= 4 is 5.57 Å². The second-order valence-electron chi connectivity index (χ2n) is 3.72. The minimum absolute atomic E-state index is 0.0755. The van der Waals surface area contributed by atoms with Gasteiger partial charge in [-0.25, -0.2) is 0 Å². The zero-order chi connectivity index (χ0) is 11.8. The molecule has 0 bridgehead atoms. The highest BCUT2D eigenvalue weighted by molar-refractivity contribution is 5.70. The Morgan fingerprint density at radius 3 is 2.69 bits per heavy atom. The van der Waals surface area contributed by atoms with Crippen LogP contribution in [0.3, 0.4) is 0 Å². The Balaban J connectivity index is 2.45. The van der Waals surface area contributed by atoms with Gasteiger partial charge in [0.15, 0.2) is 0 Å². The monoisotopic (exact) mass is 229 g/mol. The van der Waals surface area contributed by atoms with E-state index in [1.54, 1.807) is 0 Å². The molecule has 86 valence electrons. The van der Waals surface area contributed by atoms with Crippen LogP contribution in [-0.2, 0) is 6.18 Å². The predicted octanol–water partition coefficient (Wildman–Crippen LogP) is 2.64. The molecule has 1 heterocycles. The number of alkyl halides is 3. The van der Waals surface area contributed by atoms with E-state index in [0.717, 1.165) is 12.3 Å². The average molecular weight is 229 g/mol. The minimum atomic E-state index is -4.38. The van der Waals surface area contributed by atoms with E-state index in [2.05, 4.69) is 4.98 Å². The first-order chi connectivity index (χ1) is 7.48. The Labute approximate surface area is 90.4 Å². The van der Waals surface area contributed by atoms with Gasteiger partial charge in [0.05, 0.1) is 11.7 Å². The molecule has 0 radical (unpaired) electrons. The van der Waals surface area contributed by atoms with Gasteiger partial charge in [0.2, 0.25) is 0 Å². The van der Waals surface area contributed by atoms with E-state index >= 15 is 0 Å². The number of aromatic nitrogens is 1. The van der Waals surface area contributed by atoms with Crippen molar-refractivity contribution in [2.75, 3.05) is 0 Å². The van der Waals surface area contributed by atoms with Crippen LogP contribution in [0.2, 0.25) is 0 Å². The number of rotatable bonds is 1. The Morgan fingerprint density at radius 1 is 1.38 bits per heavy atom. The van der Waals surface area contributed by atoms with Crippen LogP contribution in [0.1, 0.15) is 24.0 Å². The van der Waals surface area contributed by atoms with Gasteiger partial charge in [-0.2, -0.15) is 13.2 Å². The lowest BCUT2D eigenvalue weighted by atomic mass is 10.0. The number of halogens is 3. The summed E-state index contributed by atoms with van der Waals surface area (Å²) in [7, 11) is 0. The SMILES string of the molecule is OC1C=C(c2cnccc2C(F)(F)F)CC1. The van der Waals surface area contributed by atoms with Crippen LogP contribution in [0.4, 0.5) is 13.2 Å². The van der Waals surface area contributed by atoms with Gasteiger partial charge in [-0.05, 0) is 24.5 Å². The summed E-state index contributed by atoms with van der Waals surface area (Å²) in [6.07, 6.45) is -0.308. The van der Waals surface area contributed by atoms with Gasteiger partial charge in [-0.1, -0.05) is 6.08 Å². The number of aliphatic hydroxyl groups is 1. The fourth-order valence-corrected chi connectivity index (χ4v) is 1.82. The van der Waals surface area contributed by atoms with Gasteiger partial charge in [0, 0.05) is 18.0 Å². The summed E-state index contributed by atoms with van der Waals surface area (Å²) >= 11 is 0. The van der Waals surface area contributed by atoms with E-state index < -0.39 is 17.8 Å². The number of aliphatic hydroxyl groups excluding tert-OH is 1. The lowest BCUT2D eigenvalue weighted by Crippen LogP contribution is -2.08. The molecule has 2 rings (SSSR count). The lowest BCUT2D eigenvalue weighted by Gasteiger charge is -2.12. The molecule has 0 fully saturated rings. The van der Waals surface area contributed by atoms with Crippen molar-refractivity contribution in [2.24, 2.45) is 0 Å². The third-order valence-corrected chi connectivity index (χ3v) is 2.58. The van der Waals surface area contributed by atoms with Gasteiger partial charge in [-0.15, -0.1) is 0 Å². The largest absolute Gasteiger partial charge is 0.417 e. The number of hydrogen-bond acceptors (Lipinski definition) is 2. The van der Waals surface area contributed by atoms with Crippen molar-refractivity contribution in [1.29, 1.82) is 0 Å². The topological polar surface area (TPSA) is 33.1 Å². The van der Waals surface area contributed by atoms with E-state index in [-0.39, 0.29) is 5.56 Å². The first-order valence-corrected chi connectivity index (χ1v) is 4.89. The van der Waals surface area contributed by atoms with Gasteiger partial charge in [0.25, 0.3) is 0 Å². The molecule has 0 spiro atoms. The molecule has 1 N–H and O–H groups in total. The minimum Gasteiger partial charge on any atom is -0.389 e. The average Bonchev–Trinajstić information content (AvgIpc) is 2.64. The maximum atomic E-state index is 12.7. The van der Waals surface area contributed by atoms with E-state index in [9.17, 15) is 18.3 Å².